The summed E-state index contributed by atoms with van der Waals surface area (Å²) < 4.78 is 40.0. The summed E-state index contributed by atoms with van der Waals surface area (Å²) in [5.41, 5.74) is -0.170. The predicted molar refractivity (Wildman–Crippen MR) is 67.1 cm³/mol. The molecule has 0 aliphatic carbocycles. The van der Waals surface area contributed by atoms with E-state index in [-0.39, 0.29) is 11.6 Å². The third-order valence-corrected chi connectivity index (χ3v) is 4.03. The van der Waals surface area contributed by atoms with E-state index in [0.717, 1.165) is 4.88 Å². The van der Waals surface area contributed by atoms with Crippen LogP contribution in [0.2, 0.25) is 0 Å². The summed E-state index contributed by atoms with van der Waals surface area (Å²) in [6, 6.07) is 4.95. The zero-order valence-electron chi connectivity index (χ0n) is 9.93. The fourth-order valence-electron chi connectivity index (χ4n) is 1.64. The van der Waals surface area contributed by atoms with Crippen LogP contribution < -0.4 is 5.32 Å². The molecular weight excluding hydrogens is 259 g/mol. The molecule has 0 radical (unpaired) electrons. The molecule has 1 aromatic carbocycles. The lowest BCUT2D eigenvalue weighted by molar-refractivity contribution is 0.548. The van der Waals surface area contributed by atoms with Gasteiger partial charge in [-0.25, -0.2) is 13.2 Å². The van der Waals surface area contributed by atoms with E-state index in [4.69, 9.17) is 0 Å². The van der Waals surface area contributed by atoms with Crippen molar-refractivity contribution in [2.45, 2.75) is 13.0 Å². The Bertz CT molecular complexity index is 542. The molecule has 96 valence electrons. The van der Waals surface area contributed by atoms with Crippen LogP contribution in [0.25, 0.3) is 10.4 Å². The van der Waals surface area contributed by atoms with Gasteiger partial charge in [-0.15, -0.1) is 11.3 Å². The highest BCUT2D eigenvalue weighted by Gasteiger charge is 2.16. The standard InChI is InChI=1S/C13H12F3NS/c1-7(17-2)11-3-4-12(18-11)13-9(15)5-8(14)6-10(13)16/h3-7,17H,1-2H3. The van der Waals surface area contributed by atoms with Gasteiger partial charge in [-0.05, 0) is 26.1 Å². The van der Waals surface area contributed by atoms with Crippen molar-refractivity contribution in [3.05, 3.63) is 46.6 Å². The average molecular weight is 271 g/mol. The van der Waals surface area contributed by atoms with E-state index < -0.39 is 17.5 Å². The highest BCUT2D eigenvalue weighted by molar-refractivity contribution is 7.15. The molecule has 0 fully saturated rings. The maximum Gasteiger partial charge on any atom is 0.137 e. The number of hydrogen-bond acceptors (Lipinski definition) is 2. The predicted octanol–water partition coefficient (Wildman–Crippen LogP) is 4.11. The molecule has 2 aromatic rings. The quantitative estimate of drug-likeness (QED) is 0.885. The van der Waals surface area contributed by atoms with Crippen molar-refractivity contribution in [2.24, 2.45) is 0 Å². The van der Waals surface area contributed by atoms with Crippen molar-refractivity contribution < 1.29 is 13.2 Å². The van der Waals surface area contributed by atoms with Crippen LogP contribution in [0.5, 0.6) is 0 Å². The molecule has 18 heavy (non-hydrogen) atoms. The van der Waals surface area contributed by atoms with Gasteiger partial charge in [0.1, 0.15) is 17.5 Å². The van der Waals surface area contributed by atoms with Gasteiger partial charge in [-0.3, -0.25) is 0 Å². The van der Waals surface area contributed by atoms with Gasteiger partial charge in [0.05, 0.1) is 5.56 Å². The molecule has 1 N–H and O–H groups in total. The van der Waals surface area contributed by atoms with Gasteiger partial charge < -0.3 is 5.32 Å². The lowest BCUT2D eigenvalue weighted by Crippen LogP contribution is -2.10. The minimum Gasteiger partial charge on any atom is -0.313 e. The molecule has 5 heteroatoms. The van der Waals surface area contributed by atoms with E-state index >= 15 is 0 Å². The van der Waals surface area contributed by atoms with Crippen LogP contribution >= 0.6 is 11.3 Å². The largest absolute Gasteiger partial charge is 0.313 e. The molecule has 0 saturated heterocycles. The first-order valence-electron chi connectivity index (χ1n) is 5.45. The lowest BCUT2D eigenvalue weighted by atomic mass is 10.1. The van der Waals surface area contributed by atoms with Gasteiger partial charge in [-0.1, -0.05) is 0 Å². The molecule has 1 aromatic heterocycles. The van der Waals surface area contributed by atoms with Crippen molar-refractivity contribution in [1.29, 1.82) is 0 Å². The number of thiophene rings is 1. The Morgan fingerprint density at radius 2 is 1.72 bits per heavy atom. The van der Waals surface area contributed by atoms with Crippen LogP contribution in [-0.2, 0) is 0 Å². The SMILES string of the molecule is CNC(C)c1ccc(-c2c(F)cc(F)cc2F)s1. The number of rotatable bonds is 3. The smallest absolute Gasteiger partial charge is 0.137 e. The van der Waals surface area contributed by atoms with Gasteiger partial charge in [0.2, 0.25) is 0 Å². The Morgan fingerprint density at radius 1 is 1.11 bits per heavy atom. The van der Waals surface area contributed by atoms with Gasteiger partial charge in [0.15, 0.2) is 0 Å². The second-order valence-corrected chi connectivity index (χ2v) is 5.07. The maximum absolute atomic E-state index is 13.6. The molecule has 1 heterocycles. The van der Waals surface area contributed by atoms with Crippen LogP contribution in [0.15, 0.2) is 24.3 Å². The van der Waals surface area contributed by atoms with E-state index in [2.05, 4.69) is 5.32 Å². The summed E-state index contributed by atoms with van der Waals surface area (Å²) in [6.07, 6.45) is 0. The molecule has 0 aliphatic rings. The molecule has 0 bridgehead atoms. The second kappa shape index (κ2) is 5.12. The summed E-state index contributed by atoms with van der Waals surface area (Å²) in [6.45, 7) is 1.95. The molecule has 0 saturated carbocycles. The van der Waals surface area contributed by atoms with Crippen molar-refractivity contribution in [1.82, 2.24) is 5.32 Å². The molecule has 1 atom stereocenters. The Balaban J connectivity index is 2.46. The summed E-state index contributed by atoms with van der Waals surface area (Å²) in [7, 11) is 1.81. The molecule has 0 amide bonds. The van der Waals surface area contributed by atoms with Gasteiger partial charge in [0, 0.05) is 27.9 Å². The fraction of sp³-hybridized carbons (Fsp3) is 0.231. The minimum absolute atomic E-state index is 0.107. The zero-order valence-corrected chi connectivity index (χ0v) is 10.7. The highest BCUT2D eigenvalue weighted by Crippen LogP contribution is 2.34. The van der Waals surface area contributed by atoms with E-state index in [1.54, 1.807) is 6.07 Å². The van der Waals surface area contributed by atoms with Crippen molar-refractivity contribution >= 4 is 11.3 Å². The first-order chi connectivity index (χ1) is 8.52. The Hall–Kier alpha value is -1.33. The average Bonchev–Trinajstić information content (AvgIpc) is 2.76. The summed E-state index contributed by atoms with van der Waals surface area (Å²) in [4.78, 5) is 1.43. The first kappa shape index (κ1) is 13.1. The number of benzene rings is 1. The summed E-state index contributed by atoms with van der Waals surface area (Å²) in [5.74, 6) is -2.66. The van der Waals surface area contributed by atoms with Crippen LogP contribution in [0.4, 0.5) is 13.2 Å². The normalized spacial score (nSPS) is 12.7. The van der Waals surface area contributed by atoms with Crippen LogP contribution in [0.1, 0.15) is 17.8 Å². The van der Waals surface area contributed by atoms with E-state index in [9.17, 15) is 13.2 Å². The first-order valence-corrected chi connectivity index (χ1v) is 6.26. The second-order valence-electron chi connectivity index (χ2n) is 3.96. The van der Waals surface area contributed by atoms with Crippen molar-refractivity contribution in [2.75, 3.05) is 7.05 Å². The lowest BCUT2D eigenvalue weighted by Gasteiger charge is -2.06. The third-order valence-electron chi connectivity index (χ3n) is 2.74. The van der Waals surface area contributed by atoms with Gasteiger partial charge >= 0.3 is 0 Å². The maximum atomic E-state index is 13.6. The zero-order chi connectivity index (χ0) is 13.3. The molecule has 1 unspecified atom stereocenters. The Morgan fingerprint density at radius 3 is 2.28 bits per heavy atom. The van der Waals surface area contributed by atoms with Crippen molar-refractivity contribution in [3.63, 3.8) is 0 Å². The molecular formula is C13H12F3NS. The number of hydrogen-bond donors (Lipinski definition) is 1. The van der Waals surface area contributed by atoms with E-state index in [1.165, 1.54) is 11.3 Å². The fourth-order valence-corrected chi connectivity index (χ4v) is 2.76. The Labute approximate surface area is 107 Å². The highest BCUT2D eigenvalue weighted by atomic mass is 32.1. The number of nitrogens with one attached hydrogen (secondary N) is 1. The monoisotopic (exact) mass is 271 g/mol. The topological polar surface area (TPSA) is 12.0 Å². The van der Waals surface area contributed by atoms with E-state index in [1.807, 2.05) is 20.0 Å². The van der Waals surface area contributed by atoms with Crippen LogP contribution in [0, 0.1) is 17.5 Å². The Kier molecular flexibility index (Phi) is 3.73. The van der Waals surface area contributed by atoms with Crippen molar-refractivity contribution in [3.8, 4) is 10.4 Å². The molecule has 2 rings (SSSR count). The van der Waals surface area contributed by atoms with Crippen LogP contribution in [0.3, 0.4) is 0 Å². The third kappa shape index (κ3) is 2.42. The van der Waals surface area contributed by atoms with Gasteiger partial charge in [-0.2, -0.15) is 0 Å². The van der Waals surface area contributed by atoms with Gasteiger partial charge in [0.25, 0.3) is 0 Å². The molecule has 0 aliphatic heterocycles. The summed E-state index contributed by atoms with van der Waals surface area (Å²) >= 11 is 1.29. The summed E-state index contributed by atoms with van der Waals surface area (Å²) in [5, 5.41) is 3.05. The van der Waals surface area contributed by atoms with E-state index in [0.29, 0.717) is 17.0 Å². The molecule has 0 spiro atoms. The minimum atomic E-state index is -0.908. The number of halogens is 3. The van der Waals surface area contributed by atoms with Crippen LogP contribution in [-0.4, -0.2) is 7.05 Å². The molecule has 1 nitrogen and oxygen atoms in total.